The molecule has 14 heavy (non-hydrogen) atoms. The fraction of sp³-hybridized carbons (Fsp3) is 0.571. The number of rotatable bonds is 0. The van der Waals surface area contributed by atoms with Crippen LogP contribution < -0.4 is 0 Å². The monoisotopic (exact) mass is 192 g/mol. The lowest BCUT2D eigenvalue weighted by Gasteiger charge is -2.20. The van der Waals surface area contributed by atoms with Gasteiger partial charge in [0, 0.05) is 0 Å². The Morgan fingerprint density at radius 1 is 1.07 bits per heavy atom. The lowest BCUT2D eigenvalue weighted by Crippen LogP contribution is -2.10. The van der Waals surface area contributed by atoms with Crippen LogP contribution >= 0.6 is 0 Å². The van der Waals surface area contributed by atoms with Crippen LogP contribution in [0.15, 0.2) is 24.3 Å². The standard InChI is InChI=1S/C11H14.C2H6.CH4/c1-9-6-7-10-4-2-3-5-11(10)8-9;1-2;/h2-5,9H,6-8H2,1H3;1-2H3;1H4. The fourth-order valence-corrected chi connectivity index (χ4v) is 1.88. The van der Waals surface area contributed by atoms with E-state index < -0.39 is 0 Å². The van der Waals surface area contributed by atoms with Gasteiger partial charge >= 0.3 is 0 Å². The maximum absolute atomic E-state index is 2.34. The Morgan fingerprint density at radius 3 is 2.29 bits per heavy atom. The molecule has 0 nitrogen and oxygen atoms in total. The van der Waals surface area contributed by atoms with Gasteiger partial charge in [-0.2, -0.15) is 0 Å². The fourth-order valence-electron chi connectivity index (χ4n) is 1.88. The molecule has 0 heteroatoms. The molecule has 0 N–H and O–H groups in total. The van der Waals surface area contributed by atoms with Gasteiger partial charge in [-0.25, -0.2) is 0 Å². The van der Waals surface area contributed by atoms with Gasteiger partial charge in [-0.15, -0.1) is 0 Å². The van der Waals surface area contributed by atoms with Crippen LogP contribution in [-0.4, -0.2) is 0 Å². The first-order chi connectivity index (χ1) is 6.36. The van der Waals surface area contributed by atoms with E-state index >= 15 is 0 Å². The first-order valence-electron chi connectivity index (χ1n) is 5.43. The lowest BCUT2D eigenvalue weighted by atomic mass is 9.85. The smallest absolute Gasteiger partial charge is 0.0250 e. The molecule has 0 spiro atoms. The van der Waals surface area contributed by atoms with Gasteiger partial charge in [0.15, 0.2) is 0 Å². The van der Waals surface area contributed by atoms with E-state index in [-0.39, 0.29) is 7.43 Å². The summed E-state index contributed by atoms with van der Waals surface area (Å²) in [4.78, 5) is 0. The number of fused-ring (bicyclic) bond motifs is 1. The normalized spacial score (nSPS) is 18.4. The predicted octanol–water partition coefficient (Wildman–Crippen LogP) is 4.47. The maximum Gasteiger partial charge on any atom is -0.0250 e. The molecule has 2 rings (SSSR count). The third kappa shape index (κ3) is 3.17. The topological polar surface area (TPSA) is 0 Å². The zero-order valence-corrected chi connectivity index (χ0v) is 9.01. The lowest BCUT2D eigenvalue weighted by molar-refractivity contribution is 0.501. The molecule has 0 amide bonds. The second-order valence-electron chi connectivity index (χ2n) is 3.62. The summed E-state index contributed by atoms with van der Waals surface area (Å²) in [6, 6.07) is 8.83. The van der Waals surface area contributed by atoms with Gasteiger partial charge in [-0.1, -0.05) is 52.5 Å². The molecule has 1 aromatic carbocycles. The van der Waals surface area contributed by atoms with Crippen molar-refractivity contribution in [2.75, 3.05) is 0 Å². The van der Waals surface area contributed by atoms with E-state index in [0.29, 0.717) is 0 Å². The Hall–Kier alpha value is -0.780. The molecule has 0 saturated carbocycles. The average Bonchev–Trinajstić information content (AvgIpc) is 2.21. The number of benzene rings is 1. The second-order valence-corrected chi connectivity index (χ2v) is 3.62. The van der Waals surface area contributed by atoms with Gasteiger partial charge in [0.2, 0.25) is 0 Å². The molecule has 0 bridgehead atoms. The SMILES string of the molecule is C.CC.CC1CCc2ccccc2C1. The highest BCUT2D eigenvalue weighted by Crippen LogP contribution is 2.24. The molecular formula is C14H24. The van der Waals surface area contributed by atoms with Crippen LogP contribution in [-0.2, 0) is 12.8 Å². The number of hydrogen-bond donors (Lipinski definition) is 0. The average molecular weight is 192 g/mol. The molecule has 1 aromatic rings. The first kappa shape index (κ1) is 13.2. The van der Waals surface area contributed by atoms with Gasteiger partial charge in [0.25, 0.3) is 0 Å². The van der Waals surface area contributed by atoms with Gasteiger partial charge in [-0.05, 0) is 36.3 Å². The van der Waals surface area contributed by atoms with E-state index in [0.717, 1.165) is 5.92 Å². The molecule has 0 radical (unpaired) electrons. The summed E-state index contributed by atoms with van der Waals surface area (Å²) >= 11 is 0. The highest BCUT2D eigenvalue weighted by Gasteiger charge is 2.13. The van der Waals surface area contributed by atoms with E-state index in [1.807, 2.05) is 13.8 Å². The zero-order chi connectivity index (χ0) is 9.68. The van der Waals surface area contributed by atoms with E-state index in [1.165, 1.54) is 19.3 Å². The van der Waals surface area contributed by atoms with Crippen LogP contribution in [0.3, 0.4) is 0 Å². The summed E-state index contributed by atoms with van der Waals surface area (Å²) in [6.45, 7) is 6.34. The molecule has 1 unspecified atom stereocenters. The van der Waals surface area contributed by atoms with Crippen molar-refractivity contribution >= 4 is 0 Å². The summed E-state index contributed by atoms with van der Waals surface area (Å²) in [5.41, 5.74) is 3.15. The maximum atomic E-state index is 2.34. The van der Waals surface area contributed by atoms with Gasteiger partial charge < -0.3 is 0 Å². The molecular weight excluding hydrogens is 168 g/mol. The van der Waals surface area contributed by atoms with Crippen LogP contribution in [0.4, 0.5) is 0 Å². The molecule has 80 valence electrons. The summed E-state index contributed by atoms with van der Waals surface area (Å²) in [6.07, 6.45) is 3.95. The van der Waals surface area contributed by atoms with Gasteiger partial charge in [0.1, 0.15) is 0 Å². The minimum absolute atomic E-state index is 0. The molecule has 0 aromatic heterocycles. The van der Waals surface area contributed by atoms with Crippen molar-refractivity contribution in [3.8, 4) is 0 Å². The molecule has 0 aliphatic heterocycles. The van der Waals surface area contributed by atoms with Crippen LogP contribution in [0, 0.1) is 5.92 Å². The summed E-state index contributed by atoms with van der Waals surface area (Å²) in [5.74, 6) is 0.893. The van der Waals surface area contributed by atoms with Crippen molar-refractivity contribution in [3.05, 3.63) is 35.4 Å². The minimum atomic E-state index is 0. The van der Waals surface area contributed by atoms with Crippen LogP contribution in [0.5, 0.6) is 0 Å². The molecule has 0 fully saturated rings. The van der Waals surface area contributed by atoms with Crippen molar-refractivity contribution in [1.82, 2.24) is 0 Å². The van der Waals surface area contributed by atoms with Crippen molar-refractivity contribution in [2.45, 2.75) is 47.5 Å². The predicted molar refractivity (Wildman–Crippen MR) is 65.7 cm³/mol. The van der Waals surface area contributed by atoms with E-state index in [2.05, 4.69) is 31.2 Å². The van der Waals surface area contributed by atoms with E-state index in [9.17, 15) is 0 Å². The third-order valence-corrected chi connectivity index (χ3v) is 2.59. The first-order valence-corrected chi connectivity index (χ1v) is 5.43. The van der Waals surface area contributed by atoms with Crippen molar-refractivity contribution in [2.24, 2.45) is 5.92 Å². The highest BCUT2D eigenvalue weighted by molar-refractivity contribution is 5.29. The molecule has 0 heterocycles. The second kappa shape index (κ2) is 6.64. The molecule has 1 aliphatic rings. The van der Waals surface area contributed by atoms with Crippen LogP contribution in [0.25, 0.3) is 0 Å². The Morgan fingerprint density at radius 2 is 1.64 bits per heavy atom. The summed E-state index contributed by atoms with van der Waals surface area (Å²) < 4.78 is 0. The van der Waals surface area contributed by atoms with Crippen molar-refractivity contribution in [3.63, 3.8) is 0 Å². The Bertz CT molecular complexity index is 250. The number of aryl methyl sites for hydroxylation is 1. The summed E-state index contributed by atoms with van der Waals surface area (Å²) in [7, 11) is 0. The zero-order valence-electron chi connectivity index (χ0n) is 9.01. The van der Waals surface area contributed by atoms with Crippen molar-refractivity contribution < 1.29 is 0 Å². The van der Waals surface area contributed by atoms with Crippen molar-refractivity contribution in [1.29, 1.82) is 0 Å². The van der Waals surface area contributed by atoms with E-state index in [4.69, 9.17) is 0 Å². The number of hydrogen-bond acceptors (Lipinski definition) is 0. The largest absolute Gasteiger partial charge is 0.0776 e. The third-order valence-electron chi connectivity index (χ3n) is 2.59. The highest BCUT2D eigenvalue weighted by atomic mass is 14.2. The molecule has 1 atom stereocenters. The molecule has 1 aliphatic carbocycles. The molecule has 0 saturated heterocycles. The van der Waals surface area contributed by atoms with E-state index in [1.54, 1.807) is 11.1 Å². The Labute approximate surface area is 89.4 Å². The quantitative estimate of drug-likeness (QED) is 0.569. The Kier molecular flexibility index (Phi) is 6.27. The van der Waals surface area contributed by atoms with Crippen LogP contribution in [0.1, 0.15) is 45.7 Å². The minimum Gasteiger partial charge on any atom is -0.0776 e. The van der Waals surface area contributed by atoms with Gasteiger partial charge in [0.05, 0.1) is 0 Å². The van der Waals surface area contributed by atoms with Crippen LogP contribution in [0.2, 0.25) is 0 Å². The summed E-state index contributed by atoms with van der Waals surface area (Å²) in [5, 5.41) is 0. The Balaban J connectivity index is 0.000000531. The van der Waals surface area contributed by atoms with Gasteiger partial charge in [-0.3, -0.25) is 0 Å².